The van der Waals surface area contributed by atoms with Gasteiger partial charge in [0.05, 0.1) is 5.75 Å². The van der Waals surface area contributed by atoms with Gasteiger partial charge in [0.15, 0.2) is 0 Å². The molecule has 0 saturated carbocycles. The smallest absolute Gasteiger partial charge is 0.326 e. The summed E-state index contributed by atoms with van der Waals surface area (Å²) in [5.41, 5.74) is 0. The van der Waals surface area contributed by atoms with Crippen molar-refractivity contribution in [2.75, 3.05) is 12.3 Å². The zero-order valence-electron chi connectivity index (χ0n) is 11.8. The van der Waals surface area contributed by atoms with E-state index in [2.05, 4.69) is 0 Å². The van der Waals surface area contributed by atoms with E-state index in [1.807, 2.05) is 19.1 Å². The van der Waals surface area contributed by atoms with E-state index in [4.69, 9.17) is 11.6 Å². The number of amides is 1. The maximum atomic E-state index is 12.3. The molecule has 1 aromatic carbocycles. The lowest BCUT2D eigenvalue weighted by Crippen LogP contribution is -2.52. The van der Waals surface area contributed by atoms with Crippen molar-refractivity contribution in [2.24, 2.45) is 5.92 Å². The Morgan fingerprint density at radius 2 is 2.05 bits per heavy atom. The van der Waals surface area contributed by atoms with Crippen molar-refractivity contribution >= 4 is 35.2 Å². The third-order valence-corrected chi connectivity index (χ3v) is 4.93. The molecule has 0 aromatic heterocycles. The van der Waals surface area contributed by atoms with Gasteiger partial charge in [0.1, 0.15) is 6.04 Å². The van der Waals surface area contributed by atoms with Gasteiger partial charge < -0.3 is 10.0 Å². The number of aliphatic carboxylic acids is 1. The molecule has 1 aliphatic heterocycles. The highest BCUT2D eigenvalue weighted by Crippen LogP contribution is 2.26. The van der Waals surface area contributed by atoms with E-state index in [9.17, 15) is 14.7 Å². The number of hydrogen-bond acceptors (Lipinski definition) is 3. The molecular weight excluding hydrogens is 310 g/mol. The lowest BCUT2D eigenvalue weighted by Gasteiger charge is -2.37. The van der Waals surface area contributed by atoms with Gasteiger partial charge in [-0.2, -0.15) is 0 Å². The Morgan fingerprint density at radius 3 is 2.67 bits per heavy atom. The number of carboxylic acid groups (broad SMARTS) is 1. The Balaban J connectivity index is 1.98. The summed E-state index contributed by atoms with van der Waals surface area (Å²) in [6.45, 7) is 2.42. The van der Waals surface area contributed by atoms with E-state index in [1.165, 1.54) is 16.7 Å². The van der Waals surface area contributed by atoms with E-state index >= 15 is 0 Å². The number of thioether (sulfide) groups is 1. The number of nitrogens with zero attached hydrogens (tertiary/aromatic N) is 1. The fourth-order valence-corrected chi connectivity index (χ4v) is 3.51. The molecule has 1 heterocycles. The fraction of sp³-hybridized carbons (Fsp3) is 0.467. The molecule has 2 unspecified atom stereocenters. The van der Waals surface area contributed by atoms with Gasteiger partial charge in [-0.1, -0.05) is 18.5 Å². The summed E-state index contributed by atoms with van der Waals surface area (Å²) in [5, 5.41) is 9.98. The number of hydrogen-bond donors (Lipinski definition) is 1. The third-order valence-electron chi connectivity index (χ3n) is 3.68. The predicted octanol–water partition coefficient (Wildman–Crippen LogP) is 3.14. The first-order valence-electron chi connectivity index (χ1n) is 6.89. The van der Waals surface area contributed by atoms with Crippen molar-refractivity contribution in [1.29, 1.82) is 0 Å². The van der Waals surface area contributed by atoms with E-state index in [0.29, 0.717) is 11.6 Å². The Morgan fingerprint density at radius 1 is 1.38 bits per heavy atom. The van der Waals surface area contributed by atoms with Crippen molar-refractivity contribution < 1.29 is 14.7 Å². The van der Waals surface area contributed by atoms with Crippen LogP contribution in [0.2, 0.25) is 5.02 Å². The third kappa shape index (κ3) is 4.14. The highest BCUT2D eigenvalue weighted by atomic mass is 35.5. The van der Waals surface area contributed by atoms with Crippen LogP contribution in [0.4, 0.5) is 0 Å². The van der Waals surface area contributed by atoms with Crippen LogP contribution < -0.4 is 0 Å². The molecule has 1 saturated heterocycles. The van der Waals surface area contributed by atoms with Crippen LogP contribution in [0.5, 0.6) is 0 Å². The van der Waals surface area contributed by atoms with Crippen LogP contribution >= 0.6 is 23.4 Å². The van der Waals surface area contributed by atoms with Crippen molar-refractivity contribution in [3.05, 3.63) is 29.3 Å². The second kappa shape index (κ2) is 7.18. The Kier molecular flexibility index (Phi) is 5.53. The minimum absolute atomic E-state index is 0.000678. The lowest BCUT2D eigenvalue weighted by atomic mass is 9.91. The van der Waals surface area contributed by atoms with Gasteiger partial charge in [-0.05, 0) is 43.0 Å². The number of rotatable bonds is 4. The predicted molar refractivity (Wildman–Crippen MR) is 83.7 cm³/mol. The molecule has 2 rings (SSSR count). The SMILES string of the molecule is CC1CCCN(C(=O)CSc2ccc(Cl)cc2)C1C(=O)O. The Bertz CT molecular complexity index is 520. The van der Waals surface area contributed by atoms with Gasteiger partial charge in [-0.3, -0.25) is 4.79 Å². The van der Waals surface area contributed by atoms with Crippen LogP contribution in [-0.4, -0.2) is 40.2 Å². The van der Waals surface area contributed by atoms with E-state index in [0.717, 1.165) is 17.7 Å². The molecule has 21 heavy (non-hydrogen) atoms. The molecular formula is C15H18ClNO3S. The fourth-order valence-electron chi connectivity index (χ4n) is 2.60. The number of benzene rings is 1. The summed E-state index contributed by atoms with van der Waals surface area (Å²) in [4.78, 5) is 26.2. The van der Waals surface area contributed by atoms with Gasteiger partial charge in [0, 0.05) is 16.5 Å². The van der Waals surface area contributed by atoms with Crippen molar-refractivity contribution in [2.45, 2.75) is 30.7 Å². The summed E-state index contributed by atoms with van der Waals surface area (Å²) >= 11 is 7.22. The van der Waals surface area contributed by atoms with E-state index in [1.54, 1.807) is 12.1 Å². The monoisotopic (exact) mass is 327 g/mol. The Labute approximate surface area is 133 Å². The van der Waals surface area contributed by atoms with Gasteiger partial charge in [0.25, 0.3) is 0 Å². The van der Waals surface area contributed by atoms with Crippen LogP contribution in [0.3, 0.4) is 0 Å². The highest BCUT2D eigenvalue weighted by Gasteiger charge is 2.36. The molecule has 6 heteroatoms. The molecule has 1 N–H and O–H groups in total. The minimum Gasteiger partial charge on any atom is -0.480 e. The maximum absolute atomic E-state index is 12.3. The summed E-state index contributed by atoms with van der Waals surface area (Å²) in [7, 11) is 0. The van der Waals surface area contributed by atoms with Crippen LogP contribution in [-0.2, 0) is 9.59 Å². The zero-order chi connectivity index (χ0) is 15.4. The van der Waals surface area contributed by atoms with Crippen LogP contribution in [0.15, 0.2) is 29.2 Å². The van der Waals surface area contributed by atoms with Crippen molar-refractivity contribution in [3.8, 4) is 0 Å². The molecule has 1 fully saturated rings. The first-order chi connectivity index (χ1) is 9.99. The molecule has 1 amide bonds. The van der Waals surface area contributed by atoms with Gasteiger partial charge >= 0.3 is 5.97 Å². The van der Waals surface area contributed by atoms with Gasteiger partial charge in [-0.25, -0.2) is 4.79 Å². The quantitative estimate of drug-likeness (QED) is 0.863. The first-order valence-corrected chi connectivity index (χ1v) is 8.26. The van der Waals surface area contributed by atoms with Crippen LogP contribution in [0.1, 0.15) is 19.8 Å². The summed E-state index contributed by atoms with van der Waals surface area (Å²) in [6, 6.07) is 6.56. The molecule has 0 bridgehead atoms. The highest BCUT2D eigenvalue weighted by molar-refractivity contribution is 8.00. The second-order valence-corrected chi connectivity index (χ2v) is 6.72. The topological polar surface area (TPSA) is 57.6 Å². The van der Waals surface area contributed by atoms with E-state index in [-0.39, 0.29) is 17.6 Å². The molecule has 1 aromatic rings. The molecule has 0 aliphatic carbocycles. The van der Waals surface area contributed by atoms with Gasteiger partial charge in [-0.15, -0.1) is 11.8 Å². The number of likely N-dealkylation sites (tertiary alicyclic amines) is 1. The number of carboxylic acids is 1. The summed E-state index contributed by atoms with van der Waals surface area (Å²) < 4.78 is 0. The Hall–Kier alpha value is -1.20. The first kappa shape index (κ1) is 16.2. The molecule has 4 nitrogen and oxygen atoms in total. The van der Waals surface area contributed by atoms with Gasteiger partial charge in [0.2, 0.25) is 5.91 Å². The number of carbonyl (C=O) groups excluding carboxylic acids is 1. The molecule has 0 radical (unpaired) electrons. The van der Waals surface area contributed by atoms with Crippen LogP contribution in [0, 0.1) is 5.92 Å². The number of piperidine rings is 1. The number of halogens is 1. The number of carbonyl (C=O) groups is 2. The normalized spacial score (nSPS) is 22.1. The summed E-state index contributed by atoms with van der Waals surface area (Å²) in [6.07, 6.45) is 1.72. The molecule has 2 atom stereocenters. The largest absolute Gasteiger partial charge is 0.480 e. The molecule has 0 spiro atoms. The second-order valence-electron chi connectivity index (χ2n) is 5.23. The van der Waals surface area contributed by atoms with E-state index < -0.39 is 12.0 Å². The minimum atomic E-state index is -0.910. The van der Waals surface area contributed by atoms with Crippen LogP contribution in [0.25, 0.3) is 0 Å². The van der Waals surface area contributed by atoms with Crippen molar-refractivity contribution in [3.63, 3.8) is 0 Å². The zero-order valence-corrected chi connectivity index (χ0v) is 13.4. The molecule has 1 aliphatic rings. The summed E-state index contributed by atoms with van der Waals surface area (Å²) in [5.74, 6) is -0.778. The average Bonchev–Trinajstić information content (AvgIpc) is 2.45. The standard InChI is InChI=1S/C15H18ClNO3S/c1-10-3-2-8-17(14(10)15(19)20)13(18)9-21-12-6-4-11(16)5-7-12/h4-7,10,14H,2-3,8-9H2,1H3,(H,19,20). The molecule has 114 valence electrons. The van der Waals surface area contributed by atoms with Crippen molar-refractivity contribution in [1.82, 2.24) is 4.90 Å². The maximum Gasteiger partial charge on any atom is 0.326 e. The average molecular weight is 328 g/mol. The lowest BCUT2D eigenvalue weighted by molar-refractivity contribution is -0.153.